The summed E-state index contributed by atoms with van der Waals surface area (Å²) in [4.78, 5) is 0. The molecule has 0 fully saturated rings. The average molecular weight is 233 g/mol. The van der Waals surface area contributed by atoms with Crippen molar-refractivity contribution in [1.82, 2.24) is 0 Å². The molecular formula is C15H23NO. The van der Waals surface area contributed by atoms with Crippen molar-refractivity contribution in [2.75, 3.05) is 7.11 Å². The molecule has 0 spiro atoms. The second kappa shape index (κ2) is 5.54. The van der Waals surface area contributed by atoms with Crippen molar-refractivity contribution in [3.05, 3.63) is 28.8 Å². The quantitative estimate of drug-likeness (QED) is 0.815. The Labute approximate surface area is 104 Å². The molecule has 2 heteroatoms. The molecule has 0 aromatic heterocycles. The molecule has 1 aliphatic rings. The Balaban J connectivity index is 2.43. The number of nitrogens with two attached hydrogens (primary N) is 1. The monoisotopic (exact) mass is 233 g/mol. The number of rotatable bonds is 3. The summed E-state index contributed by atoms with van der Waals surface area (Å²) in [7, 11) is 1.75. The van der Waals surface area contributed by atoms with E-state index in [0.29, 0.717) is 0 Å². The van der Waals surface area contributed by atoms with E-state index in [4.69, 9.17) is 10.5 Å². The van der Waals surface area contributed by atoms with Gasteiger partial charge in [-0.1, -0.05) is 12.5 Å². The van der Waals surface area contributed by atoms with Crippen molar-refractivity contribution in [3.8, 4) is 5.75 Å². The smallest absolute Gasteiger partial charge is 0.122 e. The van der Waals surface area contributed by atoms with Gasteiger partial charge in [-0.25, -0.2) is 0 Å². The van der Waals surface area contributed by atoms with Gasteiger partial charge in [0.25, 0.3) is 0 Å². The minimum atomic E-state index is 0.193. The maximum Gasteiger partial charge on any atom is 0.122 e. The fourth-order valence-corrected chi connectivity index (χ4v) is 2.80. The number of methoxy groups -OCH3 is 1. The first-order valence-corrected chi connectivity index (χ1v) is 6.65. The van der Waals surface area contributed by atoms with Gasteiger partial charge < -0.3 is 10.5 Å². The SMILES string of the molecule is COc1ccc2c(c1CC(C)N)CCCCC2. The van der Waals surface area contributed by atoms with Gasteiger partial charge in [0, 0.05) is 6.04 Å². The van der Waals surface area contributed by atoms with Crippen LogP contribution in [-0.2, 0) is 19.3 Å². The van der Waals surface area contributed by atoms with E-state index in [1.807, 2.05) is 0 Å². The first-order valence-electron chi connectivity index (χ1n) is 6.65. The van der Waals surface area contributed by atoms with Crippen LogP contribution in [0.2, 0.25) is 0 Å². The van der Waals surface area contributed by atoms with Crippen molar-refractivity contribution in [1.29, 1.82) is 0 Å². The zero-order valence-corrected chi connectivity index (χ0v) is 11.0. The molecule has 1 unspecified atom stereocenters. The van der Waals surface area contributed by atoms with Crippen LogP contribution in [0.1, 0.15) is 42.9 Å². The van der Waals surface area contributed by atoms with Gasteiger partial charge in [0.1, 0.15) is 5.75 Å². The molecule has 0 aliphatic heterocycles. The number of hydrogen-bond acceptors (Lipinski definition) is 2. The molecule has 1 aromatic carbocycles. The Hall–Kier alpha value is -1.02. The van der Waals surface area contributed by atoms with Gasteiger partial charge in [-0.15, -0.1) is 0 Å². The highest BCUT2D eigenvalue weighted by Gasteiger charge is 2.16. The van der Waals surface area contributed by atoms with Crippen molar-refractivity contribution in [3.63, 3.8) is 0 Å². The minimum absolute atomic E-state index is 0.193. The van der Waals surface area contributed by atoms with Gasteiger partial charge in [0.05, 0.1) is 7.11 Å². The van der Waals surface area contributed by atoms with E-state index < -0.39 is 0 Å². The standard InChI is InChI=1S/C15H23NO/c1-11(16)10-14-13-7-5-3-4-6-12(13)8-9-15(14)17-2/h8-9,11H,3-7,10,16H2,1-2H3. The summed E-state index contributed by atoms with van der Waals surface area (Å²) in [5, 5.41) is 0. The summed E-state index contributed by atoms with van der Waals surface area (Å²) in [6.45, 7) is 2.07. The van der Waals surface area contributed by atoms with E-state index in [9.17, 15) is 0 Å². The fourth-order valence-electron chi connectivity index (χ4n) is 2.80. The predicted molar refractivity (Wildman–Crippen MR) is 71.6 cm³/mol. The molecule has 2 rings (SSSR count). The Kier molecular flexibility index (Phi) is 4.06. The first kappa shape index (κ1) is 12.4. The average Bonchev–Trinajstić information content (AvgIpc) is 2.54. The maximum atomic E-state index is 5.96. The third kappa shape index (κ3) is 2.81. The lowest BCUT2D eigenvalue weighted by atomic mass is 9.92. The predicted octanol–water partition coefficient (Wildman–Crippen LogP) is 2.85. The molecule has 2 nitrogen and oxygen atoms in total. The van der Waals surface area contributed by atoms with E-state index in [2.05, 4.69) is 19.1 Å². The molecule has 1 atom stereocenters. The highest BCUT2D eigenvalue weighted by Crippen LogP contribution is 2.31. The van der Waals surface area contributed by atoms with Gasteiger partial charge in [0.15, 0.2) is 0 Å². The zero-order valence-electron chi connectivity index (χ0n) is 11.0. The summed E-state index contributed by atoms with van der Waals surface area (Å²) in [6, 6.07) is 4.55. The Morgan fingerprint density at radius 1 is 1.24 bits per heavy atom. The van der Waals surface area contributed by atoms with Crippen LogP contribution >= 0.6 is 0 Å². The lowest BCUT2D eigenvalue weighted by Crippen LogP contribution is -2.19. The first-order chi connectivity index (χ1) is 8.22. The van der Waals surface area contributed by atoms with E-state index in [0.717, 1.165) is 12.2 Å². The molecule has 0 radical (unpaired) electrons. The largest absolute Gasteiger partial charge is 0.496 e. The van der Waals surface area contributed by atoms with Crippen LogP contribution in [0.4, 0.5) is 0 Å². The third-order valence-electron chi connectivity index (χ3n) is 3.60. The van der Waals surface area contributed by atoms with Crippen LogP contribution in [0.25, 0.3) is 0 Å². The molecule has 0 heterocycles. The normalized spacial score (nSPS) is 17.1. The van der Waals surface area contributed by atoms with E-state index in [1.165, 1.54) is 48.8 Å². The van der Waals surface area contributed by atoms with Crippen LogP contribution in [0.15, 0.2) is 12.1 Å². The molecule has 1 aromatic rings. The Morgan fingerprint density at radius 3 is 2.71 bits per heavy atom. The van der Waals surface area contributed by atoms with Gasteiger partial charge >= 0.3 is 0 Å². The zero-order chi connectivity index (χ0) is 12.3. The van der Waals surface area contributed by atoms with Crippen molar-refractivity contribution in [2.24, 2.45) is 5.73 Å². The molecule has 0 bridgehead atoms. The third-order valence-corrected chi connectivity index (χ3v) is 3.60. The molecule has 17 heavy (non-hydrogen) atoms. The molecule has 0 saturated carbocycles. The maximum absolute atomic E-state index is 5.96. The lowest BCUT2D eigenvalue weighted by Gasteiger charge is -2.18. The highest BCUT2D eigenvalue weighted by molar-refractivity contribution is 5.46. The van der Waals surface area contributed by atoms with Gasteiger partial charge in [-0.2, -0.15) is 0 Å². The van der Waals surface area contributed by atoms with Crippen molar-refractivity contribution >= 4 is 0 Å². The number of benzene rings is 1. The molecule has 94 valence electrons. The number of hydrogen-bond donors (Lipinski definition) is 1. The summed E-state index contributed by atoms with van der Waals surface area (Å²) in [5.74, 6) is 1.02. The highest BCUT2D eigenvalue weighted by atomic mass is 16.5. The molecule has 0 amide bonds. The lowest BCUT2D eigenvalue weighted by molar-refractivity contribution is 0.407. The van der Waals surface area contributed by atoms with Gasteiger partial charge in [-0.05, 0) is 61.8 Å². The van der Waals surface area contributed by atoms with Crippen LogP contribution in [0.3, 0.4) is 0 Å². The molecule has 0 saturated heterocycles. The molecule has 2 N–H and O–H groups in total. The van der Waals surface area contributed by atoms with Crippen LogP contribution in [0, 0.1) is 0 Å². The fraction of sp³-hybridized carbons (Fsp3) is 0.600. The van der Waals surface area contributed by atoms with Crippen molar-refractivity contribution in [2.45, 2.75) is 51.5 Å². The van der Waals surface area contributed by atoms with Crippen molar-refractivity contribution < 1.29 is 4.74 Å². The second-order valence-electron chi connectivity index (χ2n) is 5.13. The van der Waals surface area contributed by atoms with E-state index in [-0.39, 0.29) is 6.04 Å². The topological polar surface area (TPSA) is 35.2 Å². The van der Waals surface area contributed by atoms with E-state index in [1.54, 1.807) is 7.11 Å². The Bertz CT molecular complexity index is 385. The summed E-state index contributed by atoms with van der Waals surface area (Å²) in [6.07, 6.45) is 7.28. The number of fused-ring (bicyclic) bond motifs is 1. The molecular weight excluding hydrogens is 210 g/mol. The Morgan fingerprint density at radius 2 is 2.00 bits per heavy atom. The van der Waals surface area contributed by atoms with Crippen LogP contribution in [0.5, 0.6) is 5.75 Å². The second-order valence-corrected chi connectivity index (χ2v) is 5.13. The van der Waals surface area contributed by atoms with Crippen LogP contribution < -0.4 is 10.5 Å². The summed E-state index contributed by atoms with van der Waals surface area (Å²) >= 11 is 0. The van der Waals surface area contributed by atoms with E-state index >= 15 is 0 Å². The van der Waals surface area contributed by atoms with Gasteiger partial charge in [-0.3, -0.25) is 0 Å². The van der Waals surface area contributed by atoms with Gasteiger partial charge in [0.2, 0.25) is 0 Å². The van der Waals surface area contributed by atoms with Crippen LogP contribution in [-0.4, -0.2) is 13.2 Å². The summed E-state index contributed by atoms with van der Waals surface area (Å²) in [5.41, 5.74) is 10.3. The number of ether oxygens (including phenoxy) is 1. The summed E-state index contributed by atoms with van der Waals surface area (Å²) < 4.78 is 5.50. The minimum Gasteiger partial charge on any atom is -0.496 e. The molecule has 1 aliphatic carbocycles. The number of aryl methyl sites for hydroxylation is 1.